The van der Waals surface area contributed by atoms with Crippen LogP contribution in [0.25, 0.3) is 10.9 Å². The zero-order chi connectivity index (χ0) is 18.5. The average Bonchev–Trinajstić information content (AvgIpc) is 2.66. The minimum Gasteiger partial charge on any atom is -0.497 e. The first-order valence-electron chi connectivity index (χ1n) is 8.50. The van der Waals surface area contributed by atoms with Crippen molar-refractivity contribution in [2.75, 3.05) is 46.3 Å². The molecule has 6 heteroatoms. The highest BCUT2D eigenvalue weighted by molar-refractivity contribution is 5.91. The largest absolute Gasteiger partial charge is 0.497 e. The van der Waals surface area contributed by atoms with Crippen LogP contribution in [0, 0.1) is 0 Å². The Kier molecular flexibility index (Phi) is 5.53. The molecule has 0 saturated heterocycles. The summed E-state index contributed by atoms with van der Waals surface area (Å²) >= 11 is 0. The number of hydrogen-bond donors (Lipinski definition) is 0. The van der Waals surface area contributed by atoms with Crippen LogP contribution in [0.4, 0.5) is 11.5 Å². The van der Waals surface area contributed by atoms with Crippen LogP contribution in [0.1, 0.15) is 0 Å². The summed E-state index contributed by atoms with van der Waals surface area (Å²) in [6.07, 6.45) is 0. The maximum Gasteiger partial charge on any atom is 0.319 e. The van der Waals surface area contributed by atoms with E-state index >= 15 is 0 Å². The van der Waals surface area contributed by atoms with Crippen molar-refractivity contribution in [2.24, 2.45) is 0 Å². The lowest BCUT2D eigenvalue weighted by molar-refractivity contribution is 0.246. The average molecular weight is 352 g/mol. The molecule has 0 aliphatic heterocycles. The number of ether oxygens (including phenoxy) is 2. The van der Waals surface area contributed by atoms with E-state index in [1.165, 1.54) is 0 Å². The second-order valence-electron chi connectivity index (χ2n) is 6.26. The van der Waals surface area contributed by atoms with E-state index in [9.17, 15) is 0 Å². The van der Waals surface area contributed by atoms with Crippen LogP contribution >= 0.6 is 0 Å². The monoisotopic (exact) mass is 352 g/mol. The molecule has 0 N–H and O–H groups in total. The highest BCUT2D eigenvalue weighted by Gasteiger charge is 2.14. The Morgan fingerprint density at radius 1 is 0.923 bits per heavy atom. The van der Waals surface area contributed by atoms with Gasteiger partial charge in [0.2, 0.25) is 0 Å². The van der Waals surface area contributed by atoms with Gasteiger partial charge in [0.05, 0.1) is 12.6 Å². The van der Waals surface area contributed by atoms with Crippen LogP contribution in [0.15, 0.2) is 48.5 Å². The van der Waals surface area contributed by atoms with Crippen molar-refractivity contribution in [3.63, 3.8) is 0 Å². The Balaban J connectivity index is 1.96. The van der Waals surface area contributed by atoms with E-state index in [4.69, 9.17) is 9.47 Å². The van der Waals surface area contributed by atoms with Gasteiger partial charge in [0, 0.05) is 24.7 Å². The third-order valence-corrected chi connectivity index (χ3v) is 4.11. The number of methoxy groups -OCH3 is 1. The van der Waals surface area contributed by atoms with Crippen LogP contribution in [-0.4, -0.2) is 56.3 Å². The minimum atomic E-state index is 0.390. The van der Waals surface area contributed by atoms with E-state index in [0.29, 0.717) is 12.6 Å². The smallest absolute Gasteiger partial charge is 0.319 e. The van der Waals surface area contributed by atoms with Gasteiger partial charge in [0.1, 0.15) is 18.2 Å². The molecule has 0 atom stereocenters. The molecule has 1 aromatic heterocycles. The van der Waals surface area contributed by atoms with Gasteiger partial charge in [-0.15, -0.1) is 0 Å². The molecule has 0 saturated carbocycles. The number of hydrogen-bond acceptors (Lipinski definition) is 6. The summed E-state index contributed by atoms with van der Waals surface area (Å²) in [5.74, 6) is 1.63. The van der Waals surface area contributed by atoms with Crippen molar-refractivity contribution in [3.05, 3.63) is 48.5 Å². The van der Waals surface area contributed by atoms with Crippen LogP contribution in [-0.2, 0) is 0 Å². The molecule has 0 unspecified atom stereocenters. The van der Waals surface area contributed by atoms with Gasteiger partial charge in [-0.05, 0) is 50.5 Å². The number of likely N-dealkylation sites (N-methyl/N-ethyl adjacent to an activating group) is 1. The van der Waals surface area contributed by atoms with Crippen LogP contribution in [0.2, 0.25) is 0 Å². The van der Waals surface area contributed by atoms with Gasteiger partial charge in [0.25, 0.3) is 0 Å². The predicted octanol–water partition coefficient (Wildman–Crippen LogP) is 3.35. The number of aromatic nitrogens is 2. The minimum absolute atomic E-state index is 0.390. The van der Waals surface area contributed by atoms with Gasteiger partial charge in [-0.1, -0.05) is 12.1 Å². The van der Waals surface area contributed by atoms with Gasteiger partial charge < -0.3 is 19.3 Å². The van der Waals surface area contributed by atoms with Crippen molar-refractivity contribution < 1.29 is 9.47 Å². The topological polar surface area (TPSA) is 50.7 Å². The zero-order valence-electron chi connectivity index (χ0n) is 15.6. The Morgan fingerprint density at radius 3 is 2.35 bits per heavy atom. The normalized spacial score (nSPS) is 11.0. The summed E-state index contributed by atoms with van der Waals surface area (Å²) in [7, 11) is 7.66. The molecule has 2 aromatic carbocycles. The second-order valence-corrected chi connectivity index (χ2v) is 6.26. The fourth-order valence-electron chi connectivity index (χ4n) is 2.61. The zero-order valence-corrected chi connectivity index (χ0v) is 15.6. The molecule has 136 valence electrons. The van der Waals surface area contributed by atoms with Crippen LogP contribution in [0.3, 0.4) is 0 Å². The van der Waals surface area contributed by atoms with Crippen molar-refractivity contribution in [2.45, 2.75) is 0 Å². The highest BCUT2D eigenvalue weighted by Crippen LogP contribution is 2.31. The fourth-order valence-corrected chi connectivity index (χ4v) is 2.61. The van der Waals surface area contributed by atoms with Gasteiger partial charge >= 0.3 is 6.01 Å². The third-order valence-electron chi connectivity index (χ3n) is 4.11. The van der Waals surface area contributed by atoms with E-state index < -0.39 is 0 Å². The molecule has 0 bridgehead atoms. The number of benzene rings is 2. The lowest BCUT2D eigenvalue weighted by Gasteiger charge is -2.21. The van der Waals surface area contributed by atoms with Crippen molar-refractivity contribution in [3.8, 4) is 11.8 Å². The molecule has 1 heterocycles. The number of fused-ring (bicyclic) bond motifs is 1. The van der Waals surface area contributed by atoms with E-state index in [0.717, 1.165) is 34.7 Å². The summed E-state index contributed by atoms with van der Waals surface area (Å²) in [6.45, 7) is 1.34. The fraction of sp³-hybridized carbons (Fsp3) is 0.300. The van der Waals surface area contributed by atoms with Gasteiger partial charge in [0.15, 0.2) is 0 Å². The van der Waals surface area contributed by atoms with E-state index in [-0.39, 0.29) is 0 Å². The maximum atomic E-state index is 5.78. The SMILES string of the molecule is COc1ccc(N(C)c2nc(OCCN(C)C)nc3ccccc23)cc1. The maximum absolute atomic E-state index is 5.78. The Labute approximate surface area is 154 Å². The second kappa shape index (κ2) is 8.01. The summed E-state index contributed by atoms with van der Waals surface area (Å²) < 4.78 is 11.0. The van der Waals surface area contributed by atoms with Crippen LogP contribution < -0.4 is 14.4 Å². The van der Waals surface area contributed by atoms with Crippen molar-refractivity contribution in [1.29, 1.82) is 0 Å². The predicted molar refractivity (Wildman–Crippen MR) is 105 cm³/mol. The highest BCUT2D eigenvalue weighted by atomic mass is 16.5. The Hall–Kier alpha value is -2.86. The lowest BCUT2D eigenvalue weighted by Crippen LogP contribution is -2.20. The molecular formula is C20H24N4O2. The van der Waals surface area contributed by atoms with Gasteiger partial charge in [-0.25, -0.2) is 0 Å². The van der Waals surface area contributed by atoms with Crippen molar-refractivity contribution in [1.82, 2.24) is 14.9 Å². The summed E-state index contributed by atoms with van der Waals surface area (Å²) in [5.41, 5.74) is 1.87. The molecule has 0 aliphatic rings. The molecule has 0 spiro atoms. The third kappa shape index (κ3) is 4.03. The number of nitrogens with zero attached hydrogens (tertiary/aromatic N) is 4. The van der Waals surface area contributed by atoms with E-state index in [1.807, 2.05) is 74.6 Å². The number of rotatable bonds is 7. The molecule has 3 rings (SSSR count). The quantitative estimate of drug-likeness (QED) is 0.650. The van der Waals surface area contributed by atoms with Crippen molar-refractivity contribution >= 4 is 22.4 Å². The molecule has 0 amide bonds. The first kappa shape index (κ1) is 17.9. The number of anilines is 2. The van der Waals surface area contributed by atoms with Crippen LogP contribution in [0.5, 0.6) is 11.8 Å². The first-order valence-corrected chi connectivity index (χ1v) is 8.50. The summed E-state index contributed by atoms with van der Waals surface area (Å²) in [6, 6.07) is 16.2. The number of para-hydroxylation sites is 1. The van der Waals surface area contributed by atoms with Gasteiger partial charge in [-0.2, -0.15) is 9.97 Å². The molecule has 0 aliphatic carbocycles. The Morgan fingerprint density at radius 2 is 1.65 bits per heavy atom. The molecule has 6 nitrogen and oxygen atoms in total. The standard InChI is InChI=1S/C20H24N4O2/c1-23(2)13-14-26-20-21-18-8-6-5-7-17(18)19(22-20)24(3)15-9-11-16(25-4)12-10-15/h5-12H,13-14H2,1-4H3. The molecule has 3 aromatic rings. The molecular weight excluding hydrogens is 328 g/mol. The summed E-state index contributed by atoms with van der Waals surface area (Å²) in [5, 5.41) is 0.978. The molecule has 0 radical (unpaired) electrons. The lowest BCUT2D eigenvalue weighted by atomic mass is 10.2. The molecule has 26 heavy (non-hydrogen) atoms. The van der Waals surface area contributed by atoms with E-state index in [1.54, 1.807) is 7.11 Å². The Bertz CT molecular complexity index is 865. The van der Waals surface area contributed by atoms with Gasteiger partial charge in [-0.3, -0.25) is 0 Å². The molecule has 0 fully saturated rings. The summed E-state index contributed by atoms with van der Waals surface area (Å²) in [4.78, 5) is 13.3. The van der Waals surface area contributed by atoms with E-state index in [2.05, 4.69) is 14.9 Å². The first-order chi connectivity index (χ1) is 12.6.